The number of aromatic nitrogens is 1. The Labute approximate surface area is 162 Å². The number of nitrogens with zero attached hydrogens (tertiary/aromatic N) is 4. The van der Waals surface area contributed by atoms with Crippen LogP contribution in [0.4, 0.5) is 5.82 Å². The quantitative estimate of drug-likeness (QED) is 0.556. The van der Waals surface area contributed by atoms with Crippen LogP contribution in [-0.4, -0.2) is 45.3 Å². The number of fused-ring (bicyclic) bond motifs is 1. The minimum Gasteiger partial charge on any atom is -0.454 e. The summed E-state index contributed by atoms with van der Waals surface area (Å²) < 4.78 is 15.9. The van der Waals surface area contributed by atoms with Gasteiger partial charge < -0.3 is 19.1 Å². The molecule has 0 fully saturated rings. The molecule has 0 aliphatic carbocycles. The fourth-order valence-corrected chi connectivity index (χ4v) is 3.64. The second-order valence-electron chi connectivity index (χ2n) is 5.89. The zero-order valence-corrected chi connectivity index (χ0v) is 16.1. The van der Waals surface area contributed by atoms with Gasteiger partial charge in [-0.15, -0.1) is 11.8 Å². The lowest BCUT2D eigenvalue weighted by Gasteiger charge is -2.19. The van der Waals surface area contributed by atoms with Gasteiger partial charge in [-0.05, 0) is 17.7 Å². The standard InChI is InChI=1S/C19H18N4O3S/c1-23(2)18-13(9-20)17(12-4-5-15-16(8-12)26-11-25-15)14(10-21)19(22-18)27-7-6-24-3/h4-5,8H,6-7,11H2,1-3H3. The van der Waals surface area contributed by atoms with E-state index in [1.54, 1.807) is 24.1 Å². The largest absolute Gasteiger partial charge is 0.454 e. The molecule has 1 aromatic carbocycles. The van der Waals surface area contributed by atoms with Crippen LogP contribution in [0.5, 0.6) is 11.5 Å². The Bertz CT molecular complexity index is 947. The lowest BCUT2D eigenvalue weighted by molar-refractivity contribution is 0.174. The van der Waals surface area contributed by atoms with Crippen LogP contribution in [0, 0.1) is 22.7 Å². The van der Waals surface area contributed by atoms with Crippen LogP contribution in [0.1, 0.15) is 11.1 Å². The first-order valence-electron chi connectivity index (χ1n) is 8.18. The van der Waals surface area contributed by atoms with E-state index in [1.165, 1.54) is 11.8 Å². The molecular weight excluding hydrogens is 364 g/mol. The molecule has 1 aliphatic heterocycles. The highest BCUT2D eigenvalue weighted by Crippen LogP contribution is 2.41. The second-order valence-corrected chi connectivity index (χ2v) is 6.98. The molecule has 3 rings (SSSR count). The van der Waals surface area contributed by atoms with Crippen molar-refractivity contribution in [2.24, 2.45) is 0 Å². The van der Waals surface area contributed by atoms with Gasteiger partial charge in [-0.25, -0.2) is 4.98 Å². The molecule has 0 spiro atoms. The van der Waals surface area contributed by atoms with Gasteiger partial charge in [-0.2, -0.15) is 10.5 Å². The molecule has 0 unspecified atom stereocenters. The van der Waals surface area contributed by atoms with Crippen molar-refractivity contribution in [2.45, 2.75) is 5.03 Å². The number of benzene rings is 1. The molecule has 7 nitrogen and oxygen atoms in total. The second kappa shape index (κ2) is 8.17. The molecule has 2 heterocycles. The summed E-state index contributed by atoms with van der Waals surface area (Å²) in [7, 11) is 5.27. The molecular formula is C19H18N4O3S. The number of thioether (sulfide) groups is 1. The summed E-state index contributed by atoms with van der Waals surface area (Å²) in [5.74, 6) is 2.41. The van der Waals surface area contributed by atoms with Crippen molar-refractivity contribution < 1.29 is 14.2 Å². The molecule has 8 heteroatoms. The zero-order chi connectivity index (χ0) is 19.4. The number of nitriles is 2. The lowest BCUT2D eigenvalue weighted by Crippen LogP contribution is -2.15. The van der Waals surface area contributed by atoms with E-state index in [1.807, 2.05) is 20.2 Å². The first-order valence-corrected chi connectivity index (χ1v) is 9.16. The Hall–Kier alpha value is -2.94. The summed E-state index contributed by atoms with van der Waals surface area (Å²) in [6.07, 6.45) is 0. The predicted molar refractivity (Wildman–Crippen MR) is 102 cm³/mol. The van der Waals surface area contributed by atoms with Crippen LogP contribution < -0.4 is 14.4 Å². The number of methoxy groups -OCH3 is 1. The van der Waals surface area contributed by atoms with Crippen LogP contribution >= 0.6 is 11.8 Å². The first-order chi connectivity index (χ1) is 13.1. The molecule has 0 amide bonds. The zero-order valence-electron chi connectivity index (χ0n) is 15.3. The van der Waals surface area contributed by atoms with Crippen LogP contribution in [0.3, 0.4) is 0 Å². The van der Waals surface area contributed by atoms with Crippen LogP contribution in [0.2, 0.25) is 0 Å². The molecule has 0 saturated heterocycles. The van der Waals surface area contributed by atoms with E-state index in [2.05, 4.69) is 17.1 Å². The van der Waals surface area contributed by atoms with Crippen molar-refractivity contribution in [3.8, 4) is 34.8 Å². The third kappa shape index (κ3) is 3.63. The van der Waals surface area contributed by atoms with Crippen molar-refractivity contribution in [3.63, 3.8) is 0 Å². The Balaban J connectivity index is 2.23. The molecule has 138 valence electrons. The van der Waals surface area contributed by atoms with Crippen molar-refractivity contribution in [1.29, 1.82) is 10.5 Å². The monoisotopic (exact) mass is 382 g/mol. The molecule has 1 aromatic heterocycles. The van der Waals surface area contributed by atoms with E-state index in [-0.39, 0.29) is 6.79 Å². The smallest absolute Gasteiger partial charge is 0.231 e. The maximum Gasteiger partial charge on any atom is 0.231 e. The summed E-state index contributed by atoms with van der Waals surface area (Å²) in [5, 5.41) is 20.2. The molecule has 0 atom stereocenters. The Kier molecular flexibility index (Phi) is 5.70. The Morgan fingerprint density at radius 1 is 1.19 bits per heavy atom. The van der Waals surface area contributed by atoms with Crippen LogP contribution in [-0.2, 0) is 4.74 Å². The normalized spacial score (nSPS) is 11.7. The van der Waals surface area contributed by atoms with Gasteiger partial charge in [0, 0.05) is 32.5 Å². The highest BCUT2D eigenvalue weighted by Gasteiger charge is 2.24. The highest BCUT2D eigenvalue weighted by atomic mass is 32.2. The average molecular weight is 382 g/mol. The molecule has 27 heavy (non-hydrogen) atoms. The first kappa shape index (κ1) is 18.8. The van der Waals surface area contributed by atoms with Crippen LogP contribution in [0.15, 0.2) is 23.2 Å². The summed E-state index contributed by atoms with van der Waals surface area (Å²) >= 11 is 1.43. The van der Waals surface area contributed by atoms with Crippen molar-refractivity contribution in [3.05, 3.63) is 29.3 Å². The number of ether oxygens (including phenoxy) is 3. The van der Waals surface area contributed by atoms with E-state index in [0.29, 0.717) is 57.0 Å². The number of hydrogen-bond acceptors (Lipinski definition) is 8. The number of rotatable bonds is 6. The van der Waals surface area contributed by atoms with E-state index in [0.717, 1.165) is 0 Å². The van der Waals surface area contributed by atoms with Gasteiger partial charge in [-0.3, -0.25) is 0 Å². The lowest BCUT2D eigenvalue weighted by atomic mass is 9.96. The molecule has 2 aromatic rings. The number of anilines is 1. The van der Waals surface area contributed by atoms with E-state index in [9.17, 15) is 10.5 Å². The third-order valence-corrected chi connectivity index (χ3v) is 4.92. The van der Waals surface area contributed by atoms with E-state index in [4.69, 9.17) is 14.2 Å². The summed E-state index contributed by atoms with van der Waals surface area (Å²) in [4.78, 5) is 6.35. The van der Waals surface area contributed by atoms with Crippen molar-refractivity contribution in [2.75, 3.05) is 45.3 Å². The highest BCUT2D eigenvalue weighted by molar-refractivity contribution is 7.99. The minimum atomic E-state index is 0.159. The summed E-state index contributed by atoms with van der Waals surface area (Å²) in [5.41, 5.74) is 1.99. The molecule has 1 aliphatic rings. The van der Waals surface area contributed by atoms with Gasteiger partial charge >= 0.3 is 0 Å². The third-order valence-electron chi connectivity index (χ3n) is 3.98. The Morgan fingerprint density at radius 2 is 1.93 bits per heavy atom. The molecule has 0 saturated carbocycles. The fraction of sp³-hybridized carbons (Fsp3) is 0.316. The number of hydrogen-bond donors (Lipinski definition) is 0. The fourth-order valence-electron chi connectivity index (χ4n) is 2.75. The van der Waals surface area contributed by atoms with Gasteiger partial charge in [0.05, 0.1) is 12.2 Å². The van der Waals surface area contributed by atoms with Gasteiger partial charge in [0.1, 0.15) is 28.5 Å². The van der Waals surface area contributed by atoms with Gasteiger partial charge in [0.25, 0.3) is 0 Å². The van der Waals surface area contributed by atoms with Gasteiger partial charge in [0.15, 0.2) is 11.5 Å². The topological polar surface area (TPSA) is 91.4 Å². The van der Waals surface area contributed by atoms with Gasteiger partial charge in [0.2, 0.25) is 6.79 Å². The summed E-state index contributed by atoms with van der Waals surface area (Å²) in [6, 6.07) is 9.86. The average Bonchev–Trinajstić information content (AvgIpc) is 3.14. The van der Waals surface area contributed by atoms with E-state index >= 15 is 0 Å². The van der Waals surface area contributed by atoms with Crippen molar-refractivity contribution >= 4 is 17.6 Å². The molecule has 0 radical (unpaired) electrons. The molecule has 0 N–H and O–H groups in total. The van der Waals surface area contributed by atoms with Crippen LogP contribution in [0.25, 0.3) is 11.1 Å². The SMILES string of the molecule is COCCSc1nc(N(C)C)c(C#N)c(-c2ccc3c(c2)OCO3)c1C#N. The summed E-state index contributed by atoms with van der Waals surface area (Å²) in [6.45, 7) is 0.695. The predicted octanol–water partition coefficient (Wildman–Crippen LogP) is 3.03. The maximum absolute atomic E-state index is 9.85. The minimum absolute atomic E-state index is 0.159. The Morgan fingerprint density at radius 3 is 2.59 bits per heavy atom. The number of pyridine rings is 1. The maximum atomic E-state index is 9.85. The van der Waals surface area contributed by atoms with Gasteiger partial charge in [-0.1, -0.05) is 6.07 Å². The van der Waals surface area contributed by atoms with Crippen molar-refractivity contribution in [1.82, 2.24) is 4.98 Å². The van der Waals surface area contributed by atoms with E-state index < -0.39 is 0 Å². The molecule has 0 bridgehead atoms.